The topological polar surface area (TPSA) is 59.8 Å². The number of hydrogen-bond donors (Lipinski definition) is 0. The lowest BCUT2D eigenvalue weighted by Crippen LogP contribution is -2.24. The highest BCUT2D eigenvalue weighted by molar-refractivity contribution is 7.98. The van der Waals surface area contributed by atoms with E-state index >= 15 is 0 Å². The number of nitrogens with zero attached hydrogens (tertiary/aromatic N) is 1. The quantitative estimate of drug-likeness (QED) is 0.455. The number of carbonyl (C=O) groups is 2. The van der Waals surface area contributed by atoms with Gasteiger partial charge in [-0.25, -0.2) is 4.79 Å². The highest BCUT2D eigenvalue weighted by Gasteiger charge is 2.37. The maximum atomic E-state index is 13.0. The highest BCUT2D eigenvalue weighted by Crippen LogP contribution is 2.33. The smallest absolute Gasteiger partial charge is 0.340 e. The zero-order valence-corrected chi connectivity index (χ0v) is 15.6. The van der Waals surface area contributed by atoms with Crippen LogP contribution in [0.3, 0.4) is 0 Å². The maximum absolute atomic E-state index is 13.0. The molecule has 0 unspecified atom stereocenters. The Morgan fingerprint density at radius 2 is 2.00 bits per heavy atom. The predicted molar refractivity (Wildman–Crippen MR) is 100 cm³/mol. The maximum Gasteiger partial charge on any atom is 0.340 e. The number of allylic oxidation sites excluding steroid dienone is 1. The van der Waals surface area contributed by atoms with Gasteiger partial charge in [0.2, 0.25) is 0 Å². The number of ether oxygens (including phenoxy) is 1. The van der Waals surface area contributed by atoms with E-state index in [-0.39, 0.29) is 18.0 Å². The number of carbonyl (C=O) groups excluding carboxylic acids is 2. The zero-order valence-electron chi connectivity index (χ0n) is 14.8. The summed E-state index contributed by atoms with van der Waals surface area (Å²) in [6, 6.07) is 11.4. The molecular formula is C20H19NO4S. The number of methoxy groups -OCH3 is 1. The Morgan fingerprint density at radius 1 is 1.27 bits per heavy atom. The fourth-order valence-electron chi connectivity index (χ4n) is 2.84. The molecule has 0 bridgehead atoms. The molecule has 1 amide bonds. The van der Waals surface area contributed by atoms with Gasteiger partial charge in [-0.05, 0) is 49.1 Å². The van der Waals surface area contributed by atoms with Crippen molar-refractivity contribution in [3.8, 4) is 0 Å². The van der Waals surface area contributed by atoms with Gasteiger partial charge in [0.05, 0.1) is 31.1 Å². The molecule has 134 valence electrons. The van der Waals surface area contributed by atoms with Crippen LogP contribution in [0.25, 0.3) is 6.08 Å². The third-order valence-electron chi connectivity index (χ3n) is 4.22. The summed E-state index contributed by atoms with van der Waals surface area (Å²) in [4.78, 5) is 27.9. The summed E-state index contributed by atoms with van der Waals surface area (Å²) >= 11 is 1.64. The Bertz CT molecular complexity index is 879. The van der Waals surface area contributed by atoms with Crippen molar-refractivity contribution in [2.24, 2.45) is 0 Å². The number of furan rings is 1. The van der Waals surface area contributed by atoms with Crippen molar-refractivity contribution in [2.45, 2.75) is 18.4 Å². The molecule has 0 fully saturated rings. The summed E-state index contributed by atoms with van der Waals surface area (Å²) in [5.74, 6) is -0.120. The van der Waals surface area contributed by atoms with Crippen LogP contribution in [-0.4, -0.2) is 30.1 Å². The van der Waals surface area contributed by atoms with Gasteiger partial charge in [0.15, 0.2) is 0 Å². The van der Waals surface area contributed by atoms with Gasteiger partial charge in [-0.15, -0.1) is 11.8 Å². The zero-order chi connectivity index (χ0) is 18.7. The van der Waals surface area contributed by atoms with Crippen LogP contribution in [0, 0.1) is 0 Å². The summed E-state index contributed by atoms with van der Waals surface area (Å²) in [7, 11) is 1.31. The van der Waals surface area contributed by atoms with Crippen molar-refractivity contribution in [3.05, 3.63) is 70.8 Å². The van der Waals surface area contributed by atoms with Crippen molar-refractivity contribution in [1.29, 1.82) is 0 Å². The van der Waals surface area contributed by atoms with Crippen molar-refractivity contribution in [1.82, 2.24) is 4.90 Å². The molecule has 5 nitrogen and oxygen atoms in total. The van der Waals surface area contributed by atoms with Gasteiger partial charge >= 0.3 is 5.97 Å². The Labute approximate surface area is 156 Å². The van der Waals surface area contributed by atoms with E-state index in [4.69, 9.17) is 9.15 Å². The van der Waals surface area contributed by atoms with E-state index in [1.54, 1.807) is 43.2 Å². The SMILES string of the molecule is COC(=O)C1=C(C)N(Cc2ccco2)C(=O)/C1=C\c1ccc(SC)cc1. The molecule has 1 aliphatic heterocycles. The summed E-state index contributed by atoms with van der Waals surface area (Å²) in [5.41, 5.74) is 2.03. The molecule has 1 aromatic carbocycles. The third-order valence-corrected chi connectivity index (χ3v) is 4.97. The van der Waals surface area contributed by atoms with Gasteiger partial charge in [-0.2, -0.15) is 0 Å². The average Bonchev–Trinajstić information content (AvgIpc) is 3.25. The second-order valence-corrected chi connectivity index (χ2v) is 6.63. The minimum Gasteiger partial charge on any atom is -0.467 e. The second kappa shape index (κ2) is 7.66. The molecule has 3 rings (SSSR count). The number of amides is 1. The summed E-state index contributed by atoms with van der Waals surface area (Å²) in [6.45, 7) is 2.01. The first-order valence-electron chi connectivity index (χ1n) is 8.04. The van der Waals surface area contributed by atoms with E-state index in [0.717, 1.165) is 10.5 Å². The van der Waals surface area contributed by atoms with Crippen LogP contribution in [0.2, 0.25) is 0 Å². The van der Waals surface area contributed by atoms with Crippen molar-refractivity contribution < 1.29 is 18.7 Å². The second-order valence-electron chi connectivity index (χ2n) is 5.75. The first-order chi connectivity index (χ1) is 12.5. The van der Waals surface area contributed by atoms with Crippen molar-refractivity contribution >= 4 is 29.7 Å². The van der Waals surface area contributed by atoms with Crippen molar-refractivity contribution in [3.63, 3.8) is 0 Å². The van der Waals surface area contributed by atoms with E-state index in [0.29, 0.717) is 17.0 Å². The minimum absolute atomic E-state index is 0.242. The molecule has 6 heteroatoms. The minimum atomic E-state index is -0.523. The monoisotopic (exact) mass is 369 g/mol. The largest absolute Gasteiger partial charge is 0.467 e. The molecule has 1 aromatic heterocycles. The third kappa shape index (κ3) is 3.46. The van der Waals surface area contributed by atoms with Crippen LogP contribution >= 0.6 is 11.8 Å². The van der Waals surface area contributed by atoms with Gasteiger partial charge in [0.25, 0.3) is 5.91 Å². The first kappa shape index (κ1) is 18.1. The number of benzene rings is 1. The normalized spacial score (nSPS) is 15.9. The van der Waals surface area contributed by atoms with Crippen LogP contribution in [0.1, 0.15) is 18.2 Å². The molecule has 2 aromatic rings. The molecule has 26 heavy (non-hydrogen) atoms. The molecule has 0 N–H and O–H groups in total. The number of hydrogen-bond acceptors (Lipinski definition) is 5. The Balaban J connectivity index is 2.00. The molecule has 0 saturated heterocycles. The van der Waals surface area contributed by atoms with Gasteiger partial charge < -0.3 is 14.1 Å². The first-order valence-corrected chi connectivity index (χ1v) is 9.27. The lowest BCUT2D eigenvalue weighted by Gasteiger charge is -2.16. The van der Waals surface area contributed by atoms with Gasteiger partial charge in [0, 0.05) is 10.6 Å². The van der Waals surface area contributed by atoms with Crippen molar-refractivity contribution in [2.75, 3.05) is 13.4 Å². The Kier molecular flexibility index (Phi) is 5.32. The number of thioether (sulfide) groups is 1. The van der Waals surface area contributed by atoms with Crippen LogP contribution in [-0.2, 0) is 20.9 Å². The highest BCUT2D eigenvalue weighted by atomic mass is 32.2. The van der Waals surface area contributed by atoms with Gasteiger partial charge in [0.1, 0.15) is 5.76 Å². The molecule has 0 spiro atoms. The van der Waals surface area contributed by atoms with Gasteiger partial charge in [-0.3, -0.25) is 4.79 Å². The lowest BCUT2D eigenvalue weighted by atomic mass is 10.0. The molecule has 1 aliphatic rings. The Hall–Kier alpha value is -2.73. The fraction of sp³-hybridized carbons (Fsp3) is 0.200. The molecule has 0 atom stereocenters. The van der Waals surface area contributed by atoms with E-state index in [2.05, 4.69) is 0 Å². The average molecular weight is 369 g/mol. The Morgan fingerprint density at radius 3 is 2.58 bits per heavy atom. The summed E-state index contributed by atoms with van der Waals surface area (Å²) in [6.07, 6.45) is 5.28. The molecule has 0 radical (unpaired) electrons. The van der Waals surface area contributed by atoms with E-state index < -0.39 is 5.97 Å². The standard InChI is InChI=1S/C20H19NO4S/c1-13-18(20(23)24-2)17(11-14-6-8-16(26-3)9-7-14)19(22)21(13)12-15-5-4-10-25-15/h4-11H,12H2,1-3H3/b17-11-. The van der Waals surface area contributed by atoms with Crippen LogP contribution in [0.5, 0.6) is 0 Å². The van der Waals surface area contributed by atoms with E-state index in [9.17, 15) is 9.59 Å². The van der Waals surface area contributed by atoms with E-state index in [1.807, 2.05) is 30.5 Å². The van der Waals surface area contributed by atoms with E-state index in [1.165, 1.54) is 12.0 Å². The summed E-state index contributed by atoms with van der Waals surface area (Å²) < 4.78 is 10.2. The van der Waals surface area contributed by atoms with Crippen LogP contribution in [0.15, 0.2) is 68.8 Å². The molecular weight excluding hydrogens is 350 g/mol. The van der Waals surface area contributed by atoms with Gasteiger partial charge in [-0.1, -0.05) is 12.1 Å². The molecule has 0 saturated carbocycles. The number of esters is 1. The molecule has 2 heterocycles. The molecule has 0 aliphatic carbocycles. The van der Waals surface area contributed by atoms with Crippen LogP contribution < -0.4 is 0 Å². The fourth-order valence-corrected chi connectivity index (χ4v) is 3.25. The number of rotatable bonds is 5. The summed E-state index contributed by atoms with van der Waals surface area (Å²) in [5, 5.41) is 0. The van der Waals surface area contributed by atoms with Crippen LogP contribution in [0.4, 0.5) is 0 Å². The predicted octanol–water partition coefficient (Wildman–Crippen LogP) is 3.87. The lowest BCUT2D eigenvalue weighted by molar-refractivity contribution is -0.136.